The van der Waals surface area contributed by atoms with E-state index in [1.165, 1.54) is 4.57 Å². The molecule has 194 valence electrons. The van der Waals surface area contributed by atoms with Gasteiger partial charge in [-0.2, -0.15) is 5.10 Å². The lowest BCUT2D eigenvalue weighted by Crippen LogP contribution is -2.43. The second kappa shape index (κ2) is 9.18. The quantitative estimate of drug-likeness (QED) is 0.318. The third-order valence-electron chi connectivity index (χ3n) is 7.26. The highest BCUT2D eigenvalue weighted by atomic mass is 16.5. The maximum atomic E-state index is 13.1. The SMILES string of the molecule is CCNC(=O)c1cc2c(-c3cc4c(cnn4C4CNC4)cc3Oc3c(C)cccc3C)cn(C)c(=O)c2[nH]1. The number of rotatable bonds is 6. The highest BCUT2D eigenvalue weighted by Crippen LogP contribution is 2.41. The maximum Gasteiger partial charge on any atom is 0.274 e. The summed E-state index contributed by atoms with van der Waals surface area (Å²) in [6, 6.07) is 12.2. The molecular weight excluding hydrogens is 480 g/mol. The number of aromatic nitrogens is 4. The van der Waals surface area contributed by atoms with Crippen molar-refractivity contribution in [2.75, 3.05) is 19.6 Å². The molecule has 6 rings (SSSR count). The summed E-state index contributed by atoms with van der Waals surface area (Å²) < 4.78 is 10.2. The van der Waals surface area contributed by atoms with Crippen molar-refractivity contribution in [1.82, 2.24) is 30.0 Å². The van der Waals surface area contributed by atoms with E-state index >= 15 is 0 Å². The zero-order chi connectivity index (χ0) is 26.6. The van der Waals surface area contributed by atoms with E-state index in [1.807, 2.05) is 57.4 Å². The van der Waals surface area contributed by atoms with Gasteiger partial charge in [-0.05, 0) is 50.1 Å². The van der Waals surface area contributed by atoms with Gasteiger partial charge in [-0.3, -0.25) is 14.3 Å². The van der Waals surface area contributed by atoms with Gasteiger partial charge < -0.3 is 24.9 Å². The van der Waals surface area contributed by atoms with E-state index in [0.29, 0.717) is 28.9 Å². The summed E-state index contributed by atoms with van der Waals surface area (Å²) in [5, 5.41) is 12.4. The van der Waals surface area contributed by atoms with E-state index in [1.54, 1.807) is 13.1 Å². The Kier molecular flexibility index (Phi) is 5.80. The Labute approximate surface area is 219 Å². The van der Waals surface area contributed by atoms with Crippen molar-refractivity contribution in [3.05, 3.63) is 76.0 Å². The zero-order valence-electron chi connectivity index (χ0n) is 21.9. The molecule has 38 heavy (non-hydrogen) atoms. The van der Waals surface area contributed by atoms with Gasteiger partial charge in [0.25, 0.3) is 11.5 Å². The molecule has 1 saturated heterocycles. The third-order valence-corrected chi connectivity index (χ3v) is 7.26. The van der Waals surface area contributed by atoms with Crippen molar-refractivity contribution in [3.63, 3.8) is 0 Å². The van der Waals surface area contributed by atoms with E-state index in [0.717, 1.165) is 52.0 Å². The number of carbonyl (C=O) groups excluding carboxylic acids is 1. The molecule has 0 radical (unpaired) electrons. The standard InChI is InChI=1S/C29H30N6O3/c1-5-31-28(36)23-10-21-22(15-34(4)29(37)26(21)33-23)20-11-24-18(12-32-35(24)19-13-30-14-19)9-25(20)38-27-16(2)7-6-8-17(27)3/h6-12,15,19,30,33H,5,13-14H2,1-4H3,(H,31,36). The topological polar surface area (TPSA) is 106 Å². The fraction of sp³-hybridized carbons (Fsp3) is 0.276. The highest BCUT2D eigenvalue weighted by Gasteiger charge is 2.24. The molecule has 2 aromatic carbocycles. The van der Waals surface area contributed by atoms with Crippen molar-refractivity contribution < 1.29 is 9.53 Å². The molecule has 0 unspecified atom stereocenters. The summed E-state index contributed by atoms with van der Waals surface area (Å²) in [6.45, 7) is 8.13. The third kappa shape index (κ3) is 3.86. The van der Waals surface area contributed by atoms with Crippen LogP contribution in [0.4, 0.5) is 0 Å². The lowest BCUT2D eigenvalue weighted by atomic mass is 10.0. The van der Waals surface area contributed by atoms with Gasteiger partial charge in [-0.25, -0.2) is 0 Å². The number of para-hydroxylation sites is 1. The molecule has 1 aliphatic rings. The number of amides is 1. The molecule has 1 amide bonds. The number of fused-ring (bicyclic) bond motifs is 2. The van der Waals surface area contributed by atoms with E-state index in [2.05, 4.69) is 31.5 Å². The van der Waals surface area contributed by atoms with E-state index in [9.17, 15) is 9.59 Å². The first-order valence-corrected chi connectivity index (χ1v) is 12.8. The van der Waals surface area contributed by atoms with Gasteiger partial charge in [0.2, 0.25) is 0 Å². The molecular formula is C29H30N6O3. The molecule has 0 saturated carbocycles. The Morgan fingerprint density at radius 1 is 1.16 bits per heavy atom. The summed E-state index contributed by atoms with van der Waals surface area (Å²) in [5.41, 5.74) is 5.16. The summed E-state index contributed by atoms with van der Waals surface area (Å²) in [5.74, 6) is 1.19. The Balaban J connectivity index is 1.62. The Bertz CT molecular complexity index is 1750. The van der Waals surface area contributed by atoms with Crippen LogP contribution in [0.5, 0.6) is 11.5 Å². The number of ether oxygens (including phenoxy) is 1. The number of hydrogen-bond acceptors (Lipinski definition) is 5. The minimum absolute atomic E-state index is 0.205. The van der Waals surface area contributed by atoms with Crippen LogP contribution in [0.25, 0.3) is 32.9 Å². The smallest absolute Gasteiger partial charge is 0.274 e. The highest BCUT2D eigenvalue weighted by molar-refractivity contribution is 6.04. The average Bonchev–Trinajstić information content (AvgIpc) is 3.48. The lowest BCUT2D eigenvalue weighted by Gasteiger charge is -2.28. The van der Waals surface area contributed by atoms with Crippen LogP contribution in [0, 0.1) is 13.8 Å². The van der Waals surface area contributed by atoms with Crippen molar-refractivity contribution >= 4 is 27.7 Å². The number of nitrogens with zero attached hydrogens (tertiary/aromatic N) is 3. The molecule has 0 spiro atoms. The number of hydrogen-bond donors (Lipinski definition) is 3. The summed E-state index contributed by atoms with van der Waals surface area (Å²) >= 11 is 0. The lowest BCUT2D eigenvalue weighted by molar-refractivity contribution is 0.0951. The molecule has 0 bridgehead atoms. The van der Waals surface area contributed by atoms with Gasteiger partial charge in [-0.1, -0.05) is 18.2 Å². The molecule has 9 heteroatoms. The van der Waals surface area contributed by atoms with Crippen molar-refractivity contribution in [2.45, 2.75) is 26.8 Å². The monoisotopic (exact) mass is 510 g/mol. The van der Waals surface area contributed by atoms with Gasteiger partial charge in [0.1, 0.15) is 22.7 Å². The van der Waals surface area contributed by atoms with Crippen LogP contribution in [-0.2, 0) is 7.05 Å². The van der Waals surface area contributed by atoms with Crippen molar-refractivity contribution in [1.29, 1.82) is 0 Å². The fourth-order valence-corrected chi connectivity index (χ4v) is 5.10. The van der Waals surface area contributed by atoms with Gasteiger partial charge in [-0.15, -0.1) is 0 Å². The van der Waals surface area contributed by atoms with Crippen LogP contribution in [0.1, 0.15) is 34.6 Å². The molecule has 1 aliphatic heterocycles. The largest absolute Gasteiger partial charge is 0.456 e. The minimum Gasteiger partial charge on any atom is -0.456 e. The Hall–Kier alpha value is -4.37. The molecule has 0 aliphatic carbocycles. The van der Waals surface area contributed by atoms with Crippen LogP contribution >= 0.6 is 0 Å². The fourth-order valence-electron chi connectivity index (χ4n) is 5.10. The van der Waals surface area contributed by atoms with E-state index in [4.69, 9.17) is 4.74 Å². The number of pyridine rings is 1. The summed E-state index contributed by atoms with van der Waals surface area (Å²) in [7, 11) is 1.72. The number of benzene rings is 2. The molecule has 5 aromatic rings. The zero-order valence-corrected chi connectivity index (χ0v) is 21.9. The van der Waals surface area contributed by atoms with Crippen molar-refractivity contribution in [2.24, 2.45) is 7.05 Å². The molecule has 0 atom stereocenters. The van der Waals surface area contributed by atoms with Crippen molar-refractivity contribution in [3.8, 4) is 22.6 Å². The van der Waals surface area contributed by atoms with Gasteiger partial charge in [0.15, 0.2) is 0 Å². The Morgan fingerprint density at radius 3 is 2.61 bits per heavy atom. The number of nitrogens with one attached hydrogen (secondary N) is 3. The number of H-pyrrole nitrogens is 1. The summed E-state index contributed by atoms with van der Waals surface area (Å²) in [6.07, 6.45) is 3.68. The second-order valence-corrected chi connectivity index (χ2v) is 9.92. The van der Waals surface area contributed by atoms with Gasteiger partial charge in [0.05, 0.1) is 17.8 Å². The summed E-state index contributed by atoms with van der Waals surface area (Å²) in [4.78, 5) is 28.8. The molecule has 3 N–H and O–H groups in total. The normalized spacial score (nSPS) is 13.7. The van der Waals surface area contributed by atoms with Crippen LogP contribution in [0.2, 0.25) is 0 Å². The first-order valence-electron chi connectivity index (χ1n) is 12.8. The van der Waals surface area contributed by atoms with Crippen LogP contribution in [0.3, 0.4) is 0 Å². The first kappa shape index (κ1) is 24.0. The predicted molar refractivity (Wildman–Crippen MR) is 148 cm³/mol. The maximum absolute atomic E-state index is 13.1. The molecule has 3 aromatic heterocycles. The molecule has 1 fully saturated rings. The van der Waals surface area contributed by atoms with Gasteiger partial charge in [0, 0.05) is 54.8 Å². The Morgan fingerprint density at radius 2 is 1.92 bits per heavy atom. The molecule has 4 heterocycles. The molecule has 9 nitrogen and oxygen atoms in total. The van der Waals surface area contributed by atoms with Crippen LogP contribution in [0.15, 0.2) is 53.6 Å². The van der Waals surface area contributed by atoms with Crippen LogP contribution < -0.4 is 20.9 Å². The van der Waals surface area contributed by atoms with E-state index < -0.39 is 0 Å². The van der Waals surface area contributed by atoms with E-state index in [-0.39, 0.29) is 17.5 Å². The van der Waals surface area contributed by atoms with Crippen LogP contribution in [-0.4, -0.2) is 44.9 Å². The van der Waals surface area contributed by atoms with Gasteiger partial charge >= 0.3 is 0 Å². The average molecular weight is 511 g/mol. The number of aromatic amines is 1. The first-order chi connectivity index (χ1) is 18.4. The minimum atomic E-state index is -0.255. The number of carbonyl (C=O) groups is 1. The predicted octanol–water partition coefficient (Wildman–Crippen LogP) is 4.19. The second-order valence-electron chi connectivity index (χ2n) is 9.92. The number of aryl methyl sites for hydroxylation is 3.